The second kappa shape index (κ2) is 4.60. The predicted octanol–water partition coefficient (Wildman–Crippen LogP) is 1.06. The lowest BCUT2D eigenvalue weighted by atomic mass is 9.91. The molecule has 2 aliphatic rings. The number of hydrogen-bond donors (Lipinski definition) is 2. The minimum Gasteiger partial charge on any atom is -0.392 e. The number of rotatable bonds is 2. The lowest BCUT2D eigenvalue weighted by molar-refractivity contribution is 0.0694. The minimum absolute atomic E-state index is 0.142. The van der Waals surface area contributed by atoms with E-state index < -0.39 is 0 Å². The van der Waals surface area contributed by atoms with Crippen molar-refractivity contribution < 1.29 is 9.84 Å². The van der Waals surface area contributed by atoms with E-state index in [0.717, 1.165) is 25.9 Å². The molecule has 3 nitrogen and oxygen atoms in total. The molecule has 4 atom stereocenters. The van der Waals surface area contributed by atoms with Crippen molar-refractivity contribution in [3.05, 3.63) is 0 Å². The third-order valence-corrected chi connectivity index (χ3v) is 3.53. The van der Waals surface area contributed by atoms with E-state index in [4.69, 9.17) is 4.74 Å². The Kier molecular flexibility index (Phi) is 3.42. The topological polar surface area (TPSA) is 41.5 Å². The molecule has 2 N–H and O–H groups in total. The summed E-state index contributed by atoms with van der Waals surface area (Å²) in [6, 6.07) is 0.755. The molecule has 2 fully saturated rings. The van der Waals surface area contributed by atoms with Gasteiger partial charge in [0.25, 0.3) is 0 Å². The van der Waals surface area contributed by atoms with Crippen LogP contribution in [-0.2, 0) is 4.74 Å². The third kappa shape index (κ3) is 2.27. The smallest absolute Gasteiger partial charge is 0.0700 e. The summed E-state index contributed by atoms with van der Waals surface area (Å²) >= 11 is 0. The van der Waals surface area contributed by atoms with Gasteiger partial charge in [0, 0.05) is 18.7 Å². The first-order valence-corrected chi connectivity index (χ1v) is 5.83. The van der Waals surface area contributed by atoms with Gasteiger partial charge < -0.3 is 15.2 Å². The maximum absolute atomic E-state index is 9.81. The monoisotopic (exact) mass is 199 g/mol. The second-order valence-electron chi connectivity index (χ2n) is 4.60. The van der Waals surface area contributed by atoms with Crippen molar-refractivity contribution in [2.45, 2.75) is 63.3 Å². The molecule has 0 aromatic rings. The van der Waals surface area contributed by atoms with Crippen molar-refractivity contribution in [1.82, 2.24) is 5.32 Å². The van der Waals surface area contributed by atoms with Gasteiger partial charge >= 0.3 is 0 Å². The van der Waals surface area contributed by atoms with Crippen molar-refractivity contribution in [3.63, 3.8) is 0 Å². The summed E-state index contributed by atoms with van der Waals surface area (Å²) < 4.78 is 5.50. The summed E-state index contributed by atoms with van der Waals surface area (Å²) in [7, 11) is 0. The zero-order valence-corrected chi connectivity index (χ0v) is 8.91. The highest BCUT2D eigenvalue weighted by Crippen LogP contribution is 2.21. The fraction of sp³-hybridized carbons (Fsp3) is 1.00. The molecule has 14 heavy (non-hydrogen) atoms. The van der Waals surface area contributed by atoms with Crippen LogP contribution in [0.1, 0.15) is 39.0 Å². The molecule has 0 radical (unpaired) electrons. The molecule has 1 saturated carbocycles. The summed E-state index contributed by atoms with van der Waals surface area (Å²) in [5, 5.41) is 13.4. The summed E-state index contributed by atoms with van der Waals surface area (Å²) in [6.45, 7) is 2.97. The zero-order chi connectivity index (χ0) is 9.97. The van der Waals surface area contributed by atoms with Gasteiger partial charge in [-0.05, 0) is 26.2 Å². The molecular weight excluding hydrogens is 178 g/mol. The first kappa shape index (κ1) is 10.4. The van der Waals surface area contributed by atoms with Gasteiger partial charge in [0.1, 0.15) is 0 Å². The molecule has 2 rings (SSSR count). The Balaban J connectivity index is 1.83. The predicted molar refractivity (Wildman–Crippen MR) is 55.2 cm³/mol. The van der Waals surface area contributed by atoms with Crippen LogP contribution in [0.4, 0.5) is 0 Å². The molecule has 3 heteroatoms. The number of ether oxygens (including phenoxy) is 1. The van der Waals surface area contributed by atoms with Gasteiger partial charge in [-0.15, -0.1) is 0 Å². The van der Waals surface area contributed by atoms with Crippen LogP contribution < -0.4 is 5.32 Å². The number of aliphatic hydroxyl groups excluding tert-OH is 1. The van der Waals surface area contributed by atoms with E-state index >= 15 is 0 Å². The van der Waals surface area contributed by atoms with Crippen LogP contribution >= 0.6 is 0 Å². The molecule has 1 saturated heterocycles. The molecule has 1 aliphatic carbocycles. The van der Waals surface area contributed by atoms with Crippen molar-refractivity contribution in [1.29, 1.82) is 0 Å². The van der Waals surface area contributed by atoms with Gasteiger partial charge in [-0.3, -0.25) is 0 Å². The lowest BCUT2D eigenvalue weighted by Crippen LogP contribution is -2.49. The molecule has 1 aliphatic heterocycles. The zero-order valence-electron chi connectivity index (χ0n) is 8.91. The highest BCUT2D eigenvalue weighted by Gasteiger charge is 2.30. The quantitative estimate of drug-likeness (QED) is 0.698. The van der Waals surface area contributed by atoms with E-state index in [1.54, 1.807) is 0 Å². The highest BCUT2D eigenvalue weighted by molar-refractivity contribution is 4.87. The molecule has 0 spiro atoms. The average Bonchev–Trinajstić information content (AvgIpc) is 2.56. The Hall–Kier alpha value is -0.120. The van der Waals surface area contributed by atoms with Crippen LogP contribution in [0.3, 0.4) is 0 Å². The molecule has 0 unspecified atom stereocenters. The highest BCUT2D eigenvalue weighted by atomic mass is 16.5. The first-order valence-electron chi connectivity index (χ1n) is 5.83. The first-order chi connectivity index (χ1) is 6.77. The van der Waals surface area contributed by atoms with E-state index in [1.807, 2.05) is 0 Å². The van der Waals surface area contributed by atoms with Gasteiger partial charge in [0.15, 0.2) is 0 Å². The molecular formula is C11H21NO2. The van der Waals surface area contributed by atoms with E-state index in [2.05, 4.69) is 12.2 Å². The Morgan fingerprint density at radius 1 is 1.14 bits per heavy atom. The normalized spacial score (nSPS) is 44.1. The molecule has 0 bridgehead atoms. The maximum atomic E-state index is 9.81. The molecule has 0 amide bonds. The summed E-state index contributed by atoms with van der Waals surface area (Å²) in [4.78, 5) is 0. The fourth-order valence-corrected chi connectivity index (χ4v) is 2.53. The lowest BCUT2D eigenvalue weighted by Gasteiger charge is -2.31. The SMILES string of the molecule is C[C@@H]1OCC[C@@H]1N[C@H]1CCCC[C@@H]1O. The van der Waals surface area contributed by atoms with Gasteiger partial charge in [-0.2, -0.15) is 0 Å². The van der Waals surface area contributed by atoms with E-state index in [0.29, 0.717) is 18.2 Å². The van der Waals surface area contributed by atoms with Crippen molar-refractivity contribution in [3.8, 4) is 0 Å². The van der Waals surface area contributed by atoms with Crippen molar-refractivity contribution in [2.24, 2.45) is 0 Å². The Bertz CT molecular complexity index is 186. The van der Waals surface area contributed by atoms with E-state index in [1.165, 1.54) is 12.8 Å². The second-order valence-corrected chi connectivity index (χ2v) is 4.60. The van der Waals surface area contributed by atoms with Gasteiger partial charge in [0.05, 0.1) is 12.2 Å². The van der Waals surface area contributed by atoms with Crippen LogP contribution in [-0.4, -0.2) is 36.0 Å². The Morgan fingerprint density at radius 3 is 2.57 bits per heavy atom. The van der Waals surface area contributed by atoms with Crippen LogP contribution in [0.15, 0.2) is 0 Å². The van der Waals surface area contributed by atoms with Crippen LogP contribution in [0.25, 0.3) is 0 Å². The van der Waals surface area contributed by atoms with Gasteiger partial charge in [0.2, 0.25) is 0 Å². The maximum Gasteiger partial charge on any atom is 0.0700 e. The van der Waals surface area contributed by atoms with Gasteiger partial charge in [-0.1, -0.05) is 12.8 Å². The number of nitrogens with one attached hydrogen (secondary N) is 1. The third-order valence-electron chi connectivity index (χ3n) is 3.53. The minimum atomic E-state index is -0.142. The van der Waals surface area contributed by atoms with Gasteiger partial charge in [-0.25, -0.2) is 0 Å². The summed E-state index contributed by atoms with van der Waals surface area (Å²) in [6.07, 6.45) is 5.75. The van der Waals surface area contributed by atoms with Crippen molar-refractivity contribution >= 4 is 0 Å². The Morgan fingerprint density at radius 2 is 1.93 bits per heavy atom. The molecule has 0 aromatic carbocycles. The van der Waals surface area contributed by atoms with Crippen LogP contribution in [0.2, 0.25) is 0 Å². The average molecular weight is 199 g/mol. The standard InChI is InChI=1S/C11H21NO2/c1-8-9(6-7-14-8)12-10-4-2-3-5-11(10)13/h8-13H,2-7H2,1H3/t8-,9-,10-,11-/m0/s1. The van der Waals surface area contributed by atoms with E-state index in [-0.39, 0.29) is 6.10 Å². The van der Waals surface area contributed by atoms with E-state index in [9.17, 15) is 5.11 Å². The largest absolute Gasteiger partial charge is 0.392 e. The Labute approximate surface area is 85.8 Å². The number of aliphatic hydroxyl groups is 1. The van der Waals surface area contributed by atoms with Crippen LogP contribution in [0.5, 0.6) is 0 Å². The fourth-order valence-electron chi connectivity index (χ4n) is 2.53. The van der Waals surface area contributed by atoms with Crippen molar-refractivity contribution in [2.75, 3.05) is 6.61 Å². The molecule has 82 valence electrons. The summed E-state index contributed by atoms with van der Waals surface area (Å²) in [5.41, 5.74) is 0. The molecule has 1 heterocycles. The van der Waals surface area contributed by atoms with Crippen LogP contribution in [0, 0.1) is 0 Å². The number of hydrogen-bond acceptors (Lipinski definition) is 3. The molecule has 0 aromatic heterocycles. The summed E-state index contributed by atoms with van der Waals surface area (Å²) in [5.74, 6) is 0.